The molecule has 0 spiro atoms. The Morgan fingerprint density at radius 3 is 2.65 bits per heavy atom. The summed E-state index contributed by atoms with van der Waals surface area (Å²) in [6.45, 7) is 6.79. The molecule has 0 radical (unpaired) electrons. The van der Waals surface area contributed by atoms with Crippen molar-refractivity contribution in [2.45, 2.75) is 19.6 Å². The van der Waals surface area contributed by atoms with Gasteiger partial charge in [0, 0.05) is 0 Å². The predicted octanol–water partition coefficient (Wildman–Crippen LogP) is 2.02. The zero-order chi connectivity index (χ0) is 12.6. The van der Waals surface area contributed by atoms with Crippen LogP contribution in [-0.2, 0) is 4.74 Å². The number of methoxy groups -OCH3 is 1. The molecule has 4 nitrogen and oxygen atoms in total. The molecule has 0 unspecified atom stereocenters. The normalized spacial score (nSPS) is 11.8. The first-order valence-corrected chi connectivity index (χ1v) is 9.56. The average molecular weight is 266 g/mol. The standard InChI is InChI=1S/C11H14N2O2SSi/c1-15-11(14)7-5-6-8(17(2,3)4)10-9(7)12-13-16-10/h5-6H,1-4H3. The van der Waals surface area contributed by atoms with Crippen molar-refractivity contribution in [3.05, 3.63) is 17.7 Å². The fourth-order valence-corrected chi connectivity index (χ4v) is 4.78. The quantitative estimate of drug-likeness (QED) is 0.616. The summed E-state index contributed by atoms with van der Waals surface area (Å²) in [6.07, 6.45) is 0. The van der Waals surface area contributed by atoms with Crippen molar-refractivity contribution < 1.29 is 9.53 Å². The van der Waals surface area contributed by atoms with Gasteiger partial charge in [0.25, 0.3) is 0 Å². The SMILES string of the molecule is COC(=O)c1ccc([Si](C)(C)C)c2snnc12. The predicted molar refractivity (Wildman–Crippen MR) is 71.7 cm³/mol. The van der Waals surface area contributed by atoms with E-state index in [-0.39, 0.29) is 5.97 Å². The van der Waals surface area contributed by atoms with Crippen molar-refractivity contribution in [3.63, 3.8) is 0 Å². The van der Waals surface area contributed by atoms with Crippen molar-refractivity contribution in [3.8, 4) is 0 Å². The van der Waals surface area contributed by atoms with Gasteiger partial charge in [-0.15, -0.1) is 5.10 Å². The van der Waals surface area contributed by atoms with Gasteiger partial charge in [-0.25, -0.2) is 4.79 Å². The number of hydrogen-bond donors (Lipinski definition) is 0. The highest BCUT2D eigenvalue weighted by Crippen LogP contribution is 2.21. The molecule has 0 atom stereocenters. The Morgan fingerprint density at radius 1 is 1.35 bits per heavy atom. The first kappa shape index (κ1) is 12.2. The second-order valence-corrected chi connectivity index (χ2v) is 10.6. The number of hydrogen-bond acceptors (Lipinski definition) is 5. The van der Waals surface area contributed by atoms with Gasteiger partial charge in [-0.2, -0.15) is 0 Å². The van der Waals surface area contributed by atoms with Gasteiger partial charge < -0.3 is 4.74 Å². The van der Waals surface area contributed by atoms with Crippen LogP contribution in [0.15, 0.2) is 12.1 Å². The minimum Gasteiger partial charge on any atom is -0.465 e. The van der Waals surface area contributed by atoms with Crippen molar-refractivity contribution in [2.24, 2.45) is 0 Å². The molecule has 0 aliphatic heterocycles. The van der Waals surface area contributed by atoms with Crippen LogP contribution in [-0.4, -0.2) is 30.7 Å². The number of nitrogens with zero attached hydrogens (tertiary/aromatic N) is 2. The van der Waals surface area contributed by atoms with E-state index in [9.17, 15) is 4.79 Å². The number of carbonyl (C=O) groups is 1. The van der Waals surface area contributed by atoms with Crippen molar-refractivity contribution in [1.29, 1.82) is 0 Å². The molecule has 2 aromatic rings. The second-order valence-electron chi connectivity index (χ2n) is 4.85. The molecule has 0 aliphatic rings. The van der Waals surface area contributed by atoms with E-state index in [4.69, 9.17) is 4.74 Å². The Labute approximate surface area is 105 Å². The van der Waals surface area contributed by atoms with Gasteiger partial charge in [-0.3, -0.25) is 0 Å². The Morgan fingerprint density at radius 2 is 2.06 bits per heavy atom. The lowest BCUT2D eigenvalue weighted by Gasteiger charge is -2.17. The minimum absolute atomic E-state index is 0.357. The lowest BCUT2D eigenvalue weighted by Crippen LogP contribution is -2.37. The van der Waals surface area contributed by atoms with Crippen LogP contribution in [0.25, 0.3) is 10.2 Å². The molecular formula is C11H14N2O2SSi. The first-order valence-electron chi connectivity index (χ1n) is 5.29. The second kappa shape index (κ2) is 4.19. The molecule has 6 heteroatoms. The van der Waals surface area contributed by atoms with Crippen LogP contribution in [0.5, 0.6) is 0 Å². The van der Waals surface area contributed by atoms with Crippen LogP contribution in [0.3, 0.4) is 0 Å². The molecule has 0 fully saturated rings. The zero-order valence-corrected chi connectivity index (χ0v) is 12.1. The maximum atomic E-state index is 11.6. The summed E-state index contributed by atoms with van der Waals surface area (Å²) in [4.78, 5) is 11.6. The topological polar surface area (TPSA) is 52.1 Å². The van der Waals surface area contributed by atoms with E-state index in [1.165, 1.54) is 23.8 Å². The van der Waals surface area contributed by atoms with E-state index in [2.05, 4.69) is 29.2 Å². The number of carbonyl (C=O) groups excluding carboxylic acids is 1. The van der Waals surface area contributed by atoms with Crippen LogP contribution < -0.4 is 5.19 Å². The minimum atomic E-state index is -1.45. The number of benzene rings is 1. The van der Waals surface area contributed by atoms with Crippen molar-refractivity contribution in [2.75, 3.05) is 7.11 Å². The van der Waals surface area contributed by atoms with Crippen LogP contribution in [0, 0.1) is 0 Å². The van der Waals surface area contributed by atoms with Crippen molar-refractivity contribution in [1.82, 2.24) is 9.59 Å². The molecule has 0 amide bonds. The molecule has 0 N–H and O–H groups in total. The van der Waals surface area contributed by atoms with Gasteiger partial charge in [0.2, 0.25) is 0 Å². The molecule has 17 heavy (non-hydrogen) atoms. The summed E-state index contributed by atoms with van der Waals surface area (Å²) in [6, 6.07) is 3.81. The van der Waals surface area contributed by atoms with Crippen LogP contribution in [0.2, 0.25) is 19.6 Å². The van der Waals surface area contributed by atoms with Crippen molar-refractivity contribution >= 4 is 41.0 Å². The third-order valence-electron chi connectivity index (χ3n) is 2.62. The Hall–Kier alpha value is -1.27. The van der Waals surface area contributed by atoms with E-state index >= 15 is 0 Å². The summed E-state index contributed by atoms with van der Waals surface area (Å²) in [5, 5.41) is 5.34. The third-order valence-corrected chi connectivity index (χ3v) is 5.59. The van der Waals surface area contributed by atoms with E-state index in [0.29, 0.717) is 11.1 Å². The summed E-state index contributed by atoms with van der Waals surface area (Å²) in [5.74, 6) is -0.357. The maximum Gasteiger partial charge on any atom is 0.340 e. The van der Waals surface area contributed by atoms with Crippen LogP contribution >= 0.6 is 11.5 Å². The maximum absolute atomic E-state index is 11.6. The molecule has 0 bridgehead atoms. The number of rotatable bonds is 2. The van der Waals surface area contributed by atoms with Gasteiger partial charge in [0.15, 0.2) is 0 Å². The molecule has 2 rings (SSSR count). The fraction of sp³-hybridized carbons (Fsp3) is 0.364. The fourth-order valence-electron chi connectivity index (χ4n) is 1.73. The van der Waals surface area contributed by atoms with Crippen LogP contribution in [0.1, 0.15) is 10.4 Å². The van der Waals surface area contributed by atoms with Crippen LogP contribution in [0.4, 0.5) is 0 Å². The molecule has 1 heterocycles. The summed E-state index contributed by atoms with van der Waals surface area (Å²) in [5.41, 5.74) is 1.17. The molecule has 1 aromatic carbocycles. The largest absolute Gasteiger partial charge is 0.465 e. The summed E-state index contributed by atoms with van der Waals surface area (Å²) in [7, 11) is -0.0757. The van der Waals surface area contributed by atoms with E-state index in [0.717, 1.165) is 4.70 Å². The van der Waals surface area contributed by atoms with Gasteiger partial charge in [0.05, 0.1) is 25.4 Å². The zero-order valence-electron chi connectivity index (χ0n) is 10.3. The number of fused-ring (bicyclic) bond motifs is 1. The molecule has 0 saturated carbocycles. The van der Waals surface area contributed by atoms with Gasteiger partial charge in [0.1, 0.15) is 5.52 Å². The van der Waals surface area contributed by atoms with Gasteiger partial charge in [-0.1, -0.05) is 30.2 Å². The Kier molecular flexibility index (Phi) is 3.01. The number of ether oxygens (including phenoxy) is 1. The molecule has 90 valence electrons. The molecule has 0 aliphatic carbocycles. The molecular weight excluding hydrogens is 252 g/mol. The lowest BCUT2D eigenvalue weighted by atomic mass is 10.2. The number of esters is 1. The lowest BCUT2D eigenvalue weighted by molar-refractivity contribution is 0.0603. The highest BCUT2D eigenvalue weighted by Gasteiger charge is 2.24. The van der Waals surface area contributed by atoms with E-state index in [1.807, 2.05) is 6.07 Å². The number of aromatic nitrogens is 2. The monoisotopic (exact) mass is 266 g/mol. The summed E-state index contributed by atoms with van der Waals surface area (Å²) >= 11 is 1.35. The first-order chi connectivity index (χ1) is 7.95. The van der Waals surface area contributed by atoms with Gasteiger partial charge >= 0.3 is 5.97 Å². The van der Waals surface area contributed by atoms with E-state index in [1.54, 1.807) is 6.07 Å². The molecule has 0 saturated heterocycles. The average Bonchev–Trinajstić information content (AvgIpc) is 2.73. The third kappa shape index (κ3) is 2.10. The smallest absolute Gasteiger partial charge is 0.340 e. The highest BCUT2D eigenvalue weighted by molar-refractivity contribution is 7.16. The Bertz CT molecular complexity index is 574. The van der Waals surface area contributed by atoms with E-state index < -0.39 is 8.07 Å². The van der Waals surface area contributed by atoms with Gasteiger partial charge in [-0.05, 0) is 22.8 Å². The Balaban J connectivity index is 2.71. The highest BCUT2D eigenvalue weighted by atomic mass is 32.1. The molecule has 1 aromatic heterocycles. The summed E-state index contributed by atoms with van der Waals surface area (Å²) < 4.78 is 9.73.